The first-order valence-corrected chi connectivity index (χ1v) is 6.18. The van der Waals surface area contributed by atoms with Gasteiger partial charge in [-0.15, -0.1) is 0 Å². The van der Waals surface area contributed by atoms with E-state index < -0.39 is 0 Å². The number of carbonyl (C=O) groups excluding carboxylic acids is 1. The molecule has 1 atom stereocenters. The quantitative estimate of drug-likeness (QED) is 0.585. The molecule has 0 spiro atoms. The van der Waals surface area contributed by atoms with Gasteiger partial charge >= 0.3 is 0 Å². The number of rotatable bonds is 10. The summed E-state index contributed by atoms with van der Waals surface area (Å²) >= 11 is 0. The maximum absolute atomic E-state index is 11.0. The maximum Gasteiger partial charge on any atom is 0.220 e. The van der Waals surface area contributed by atoms with Crippen molar-refractivity contribution in [1.82, 2.24) is 0 Å². The van der Waals surface area contributed by atoms with Crippen LogP contribution >= 0.6 is 0 Å². The number of ether oxygens (including phenoxy) is 2. The summed E-state index contributed by atoms with van der Waals surface area (Å²) in [5.41, 5.74) is 5.28. The lowest BCUT2D eigenvalue weighted by Gasteiger charge is -2.17. The monoisotopic (exact) mass is 231 g/mol. The molecule has 0 aromatic rings. The fourth-order valence-corrected chi connectivity index (χ4v) is 1.67. The smallest absolute Gasteiger partial charge is 0.220 e. The third kappa shape index (κ3) is 6.80. The van der Waals surface area contributed by atoms with Crippen LogP contribution in [0.25, 0.3) is 0 Å². The van der Waals surface area contributed by atoms with E-state index >= 15 is 0 Å². The summed E-state index contributed by atoms with van der Waals surface area (Å²) in [6.45, 7) is 7.18. The highest BCUT2D eigenvalue weighted by atomic mass is 16.7. The lowest BCUT2D eigenvalue weighted by atomic mass is 9.98. The van der Waals surface area contributed by atoms with Gasteiger partial charge in [0.2, 0.25) is 5.91 Å². The van der Waals surface area contributed by atoms with E-state index in [0.717, 1.165) is 25.7 Å². The molecule has 0 aromatic heterocycles. The van der Waals surface area contributed by atoms with Gasteiger partial charge in [-0.2, -0.15) is 0 Å². The summed E-state index contributed by atoms with van der Waals surface area (Å²) in [6, 6.07) is 0. The summed E-state index contributed by atoms with van der Waals surface area (Å²) in [6.07, 6.45) is 3.23. The minimum Gasteiger partial charge on any atom is -0.369 e. The van der Waals surface area contributed by atoms with E-state index in [2.05, 4.69) is 0 Å². The summed E-state index contributed by atoms with van der Waals surface area (Å²) in [5.74, 6) is -0.212. The van der Waals surface area contributed by atoms with Crippen molar-refractivity contribution in [3.63, 3.8) is 0 Å². The summed E-state index contributed by atoms with van der Waals surface area (Å²) < 4.78 is 10.8. The van der Waals surface area contributed by atoms with E-state index in [1.54, 1.807) is 0 Å². The van der Waals surface area contributed by atoms with Gasteiger partial charge in [-0.1, -0.05) is 6.92 Å². The van der Waals surface area contributed by atoms with Gasteiger partial charge in [0.05, 0.1) is 0 Å². The third-order valence-electron chi connectivity index (χ3n) is 2.59. The van der Waals surface area contributed by atoms with Crippen LogP contribution < -0.4 is 5.73 Å². The highest BCUT2D eigenvalue weighted by Gasteiger charge is 2.14. The van der Waals surface area contributed by atoms with Crippen molar-refractivity contribution in [2.24, 2.45) is 11.7 Å². The van der Waals surface area contributed by atoms with Crippen LogP contribution in [0.3, 0.4) is 0 Å². The second-order valence-electron chi connectivity index (χ2n) is 3.78. The first kappa shape index (κ1) is 15.4. The average molecular weight is 231 g/mol. The van der Waals surface area contributed by atoms with Crippen molar-refractivity contribution in [2.75, 3.05) is 13.2 Å². The van der Waals surface area contributed by atoms with Gasteiger partial charge in [0.15, 0.2) is 6.29 Å². The Hall–Kier alpha value is -0.610. The molecule has 0 saturated carbocycles. The van der Waals surface area contributed by atoms with E-state index in [1.165, 1.54) is 0 Å². The average Bonchev–Trinajstić information content (AvgIpc) is 2.24. The lowest BCUT2D eigenvalue weighted by molar-refractivity contribution is -0.141. The van der Waals surface area contributed by atoms with Crippen molar-refractivity contribution in [3.8, 4) is 0 Å². The molecular formula is C12H25NO3. The van der Waals surface area contributed by atoms with Crippen LogP contribution in [-0.4, -0.2) is 25.4 Å². The molecule has 1 amide bonds. The van der Waals surface area contributed by atoms with Gasteiger partial charge in [0.1, 0.15) is 0 Å². The molecule has 0 aliphatic heterocycles. The highest BCUT2D eigenvalue weighted by Crippen LogP contribution is 2.14. The van der Waals surface area contributed by atoms with Crippen LogP contribution in [0.5, 0.6) is 0 Å². The van der Waals surface area contributed by atoms with Gasteiger partial charge in [-0.3, -0.25) is 4.79 Å². The molecule has 0 saturated heterocycles. The number of hydrogen-bond acceptors (Lipinski definition) is 3. The molecule has 4 heteroatoms. The molecule has 4 nitrogen and oxygen atoms in total. The van der Waals surface area contributed by atoms with Crippen LogP contribution in [-0.2, 0) is 14.3 Å². The maximum atomic E-state index is 11.0. The molecule has 0 aliphatic carbocycles. The van der Waals surface area contributed by atoms with Crippen molar-refractivity contribution in [1.29, 1.82) is 0 Å². The standard InChI is InChI=1S/C12H25NO3/c1-4-10(12(13)14)8-7-9-11(15-5-2)16-6-3/h10-11H,4-9H2,1-3H3,(H2,13,14). The van der Waals surface area contributed by atoms with Gasteiger partial charge in [-0.25, -0.2) is 0 Å². The molecule has 2 N–H and O–H groups in total. The van der Waals surface area contributed by atoms with Gasteiger partial charge in [-0.05, 0) is 39.5 Å². The van der Waals surface area contributed by atoms with Crippen LogP contribution in [0.1, 0.15) is 46.5 Å². The number of primary amides is 1. The number of nitrogens with two attached hydrogens (primary N) is 1. The molecular weight excluding hydrogens is 206 g/mol. The summed E-state index contributed by atoms with van der Waals surface area (Å²) in [4.78, 5) is 11.0. The van der Waals surface area contributed by atoms with Gasteiger partial charge in [0.25, 0.3) is 0 Å². The Bertz CT molecular complexity index is 179. The zero-order valence-electron chi connectivity index (χ0n) is 10.7. The molecule has 0 heterocycles. The van der Waals surface area contributed by atoms with Crippen molar-refractivity contribution < 1.29 is 14.3 Å². The van der Waals surface area contributed by atoms with Gasteiger partial charge < -0.3 is 15.2 Å². The van der Waals surface area contributed by atoms with E-state index in [0.29, 0.717) is 13.2 Å². The minimum atomic E-state index is -0.202. The molecule has 16 heavy (non-hydrogen) atoms. The lowest BCUT2D eigenvalue weighted by Crippen LogP contribution is -2.23. The second kappa shape index (κ2) is 9.60. The SMILES string of the molecule is CCOC(CCCC(CC)C(N)=O)OCC. The second-order valence-corrected chi connectivity index (χ2v) is 3.78. The van der Waals surface area contributed by atoms with E-state index in [9.17, 15) is 4.79 Å². The zero-order valence-corrected chi connectivity index (χ0v) is 10.7. The topological polar surface area (TPSA) is 61.5 Å². The van der Waals surface area contributed by atoms with Gasteiger partial charge in [0, 0.05) is 19.1 Å². The Balaban J connectivity index is 3.78. The fourth-order valence-electron chi connectivity index (χ4n) is 1.67. The predicted octanol–water partition coefficient (Wildman–Crippen LogP) is 2.07. The normalized spacial score (nSPS) is 13.0. The molecule has 1 unspecified atom stereocenters. The van der Waals surface area contributed by atoms with Crippen LogP contribution in [0, 0.1) is 5.92 Å². The van der Waals surface area contributed by atoms with Crippen LogP contribution in [0.15, 0.2) is 0 Å². The molecule has 0 aliphatic rings. The van der Waals surface area contributed by atoms with E-state index in [4.69, 9.17) is 15.2 Å². The molecule has 0 fully saturated rings. The van der Waals surface area contributed by atoms with Crippen molar-refractivity contribution in [3.05, 3.63) is 0 Å². The first-order valence-electron chi connectivity index (χ1n) is 6.18. The third-order valence-corrected chi connectivity index (χ3v) is 2.59. The Morgan fingerprint density at radius 3 is 2.06 bits per heavy atom. The molecule has 0 radical (unpaired) electrons. The fraction of sp³-hybridized carbons (Fsp3) is 0.917. The predicted molar refractivity (Wildman–Crippen MR) is 63.9 cm³/mol. The molecule has 0 bridgehead atoms. The number of hydrogen-bond donors (Lipinski definition) is 1. The summed E-state index contributed by atoms with van der Waals surface area (Å²) in [5, 5.41) is 0. The molecule has 0 aromatic carbocycles. The Morgan fingerprint density at radius 2 is 1.69 bits per heavy atom. The number of amides is 1. The van der Waals surface area contributed by atoms with Crippen LogP contribution in [0.2, 0.25) is 0 Å². The number of carbonyl (C=O) groups is 1. The van der Waals surface area contributed by atoms with E-state index in [-0.39, 0.29) is 18.1 Å². The zero-order chi connectivity index (χ0) is 12.4. The van der Waals surface area contributed by atoms with Crippen molar-refractivity contribution in [2.45, 2.75) is 52.7 Å². The Kier molecular flexibility index (Phi) is 9.24. The van der Waals surface area contributed by atoms with E-state index in [1.807, 2.05) is 20.8 Å². The first-order chi connectivity index (χ1) is 7.65. The Labute approximate surface area is 98.5 Å². The molecule has 96 valence electrons. The van der Waals surface area contributed by atoms with Crippen LogP contribution in [0.4, 0.5) is 0 Å². The largest absolute Gasteiger partial charge is 0.369 e. The Morgan fingerprint density at radius 1 is 1.12 bits per heavy atom. The molecule has 0 rings (SSSR count). The minimum absolute atomic E-state index is 0.0103. The highest BCUT2D eigenvalue weighted by molar-refractivity contribution is 5.76. The van der Waals surface area contributed by atoms with Crippen molar-refractivity contribution >= 4 is 5.91 Å². The summed E-state index contributed by atoms with van der Waals surface area (Å²) in [7, 11) is 0.